The molecule has 1 heterocycles. The second-order valence-electron chi connectivity index (χ2n) is 6.61. The van der Waals surface area contributed by atoms with E-state index in [0.717, 1.165) is 11.1 Å². The van der Waals surface area contributed by atoms with Crippen molar-refractivity contribution in [3.63, 3.8) is 0 Å². The maximum absolute atomic E-state index is 12.8. The molecule has 0 aliphatic carbocycles. The Bertz CT molecular complexity index is 811. The molecule has 136 valence electrons. The summed E-state index contributed by atoms with van der Waals surface area (Å²) in [5, 5.41) is 2.90. The van der Waals surface area contributed by atoms with Gasteiger partial charge in [0.1, 0.15) is 0 Å². The quantitative estimate of drug-likeness (QED) is 0.920. The third-order valence-electron chi connectivity index (χ3n) is 4.58. The smallest absolute Gasteiger partial charge is 0.256 e. The molecule has 2 amide bonds. The highest BCUT2D eigenvalue weighted by atomic mass is 16.5. The van der Waals surface area contributed by atoms with Gasteiger partial charge in [0.05, 0.1) is 30.9 Å². The Morgan fingerprint density at radius 1 is 1.08 bits per heavy atom. The highest BCUT2D eigenvalue weighted by Gasteiger charge is 2.21. The van der Waals surface area contributed by atoms with Crippen molar-refractivity contribution in [2.45, 2.75) is 20.3 Å². The normalized spacial score (nSPS) is 14.2. The van der Waals surface area contributed by atoms with Crippen LogP contribution >= 0.6 is 0 Å². The first kappa shape index (κ1) is 18.1. The number of hydrogen-bond donors (Lipinski definition) is 1. The molecule has 0 bridgehead atoms. The number of para-hydroxylation sites is 1. The van der Waals surface area contributed by atoms with Gasteiger partial charge in [0.25, 0.3) is 5.91 Å². The van der Waals surface area contributed by atoms with E-state index in [9.17, 15) is 9.59 Å². The van der Waals surface area contributed by atoms with E-state index >= 15 is 0 Å². The van der Waals surface area contributed by atoms with Gasteiger partial charge in [-0.3, -0.25) is 9.59 Å². The molecule has 0 spiro atoms. The molecule has 1 fully saturated rings. The lowest BCUT2D eigenvalue weighted by molar-refractivity contribution is -0.115. The zero-order valence-corrected chi connectivity index (χ0v) is 15.2. The molecule has 5 heteroatoms. The topological polar surface area (TPSA) is 58.6 Å². The average molecular weight is 352 g/mol. The number of anilines is 1. The Morgan fingerprint density at radius 3 is 2.54 bits per heavy atom. The zero-order valence-electron chi connectivity index (χ0n) is 15.2. The molecule has 1 aliphatic heterocycles. The van der Waals surface area contributed by atoms with Gasteiger partial charge in [0.2, 0.25) is 5.91 Å². The van der Waals surface area contributed by atoms with Crippen molar-refractivity contribution in [2.24, 2.45) is 0 Å². The Kier molecular flexibility index (Phi) is 5.68. The van der Waals surface area contributed by atoms with E-state index in [1.807, 2.05) is 38.1 Å². The van der Waals surface area contributed by atoms with E-state index in [1.165, 1.54) is 5.56 Å². The molecule has 0 unspecified atom stereocenters. The van der Waals surface area contributed by atoms with Crippen LogP contribution in [-0.4, -0.2) is 43.0 Å². The molecular formula is C21H24N2O3. The summed E-state index contributed by atoms with van der Waals surface area (Å²) in [5.41, 5.74) is 4.33. The van der Waals surface area contributed by atoms with Crippen LogP contribution in [0.25, 0.3) is 0 Å². The van der Waals surface area contributed by atoms with Gasteiger partial charge in [-0.2, -0.15) is 0 Å². The Hall–Kier alpha value is -2.66. The third kappa shape index (κ3) is 4.29. The van der Waals surface area contributed by atoms with E-state index in [4.69, 9.17) is 4.74 Å². The summed E-state index contributed by atoms with van der Waals surface area (Å²) < 4.78 is 5.30. The third-order valence-corrected chi connectivity index (χ3v) is 4.58. The van der Waals surface area contributed by atoms with Crippen molar-refractivity contribution in [1.82, 2.24) is 4.90 Å². The predicted octanol–water partition coefficient (Wildman–Crippen LogP) is 2.96. The number of rotatable bonds is 4. The second kappa shape index (κ2) is 8.15. The van der Waals surface area contributed by atoms with Crippen LogP contribution in [0.3, 0.4) is 0 Å². The fourth-order valence-corrected chi connectivity index (χ4v) is 3.13. The number of carbonyl (C=O) groups excluding carboxylic acids is 2. The van der Waals surface area contributed by atoms with E-state index in [-0.39, 0.29) is 18.2 Å². The Morgan fingerprint density at radius 2 is 1.81 bits per heavy atom. The summed E-state index contributed by atoms with van der Waals surface area (Å²) in [7, 11) is 0. The SMILES string of the molecule is Cc1ccc(CC(=O)Nc2ccccc2C(=O)N2CCOCC2)c(C)c1. The molecule has 1 aliphatic rings. The maximum atomic E-state index is 12.8. The number of benzene rings is 2. The minimum Gasteiger partial charge on any atom is -0.378 e. The monoisotopic (exact) mass is 352 g/mol. The summed E-state index contributed by atoms with van der Waals surface area (Å²) in [4.78, 5) is 27.0. The lowest BCUT2D eigenvalue weighted by Gasteiger charge is -2.27. The van der Waals surface area contributed by atoms with Gasteiger partial charge < -0.3 is 15.0 Å². The number of amides is 2. The van der Waals surface area contributed by atoms with E-state index < -0.39 is 0 Å². The lowest BCUT2D eigenvalue weighted by atomic mass is 10.0. The van der Waals surface area contributed by atoms with Crippen LogP contribution in [0, 0.1) is 13.8 Å². The molecular weight excluding hydrogens is 328 g/mol. The summed E-state index contributed by atoms with van der Waals surface area (Å²) >= 11 is 0. The van der Waals surface area contributed by atoms with Gasteiger partial charge in [-0.1, -0.05) is 35.9 Å². The van der Waals surface area contributed by atoms with Crippen LogP contribution in [0.5, 0.6) is 0 Å². The fourth-order valence-electron chi connectivity index (χ4n) is 3.13. The minimum absolute atomic E-state index is 0.0734. The first-order valence-corrected chi connectivity index (χ1v) is 8.86. The minimum atomic E-state index is -0.126. The first-order chi connectivity index (χ1) is 12.5. The summed E-state index contributed by atoms with van der Waals surface area (Å²) in [6.07, 6.45) is 0.284. The molecule has 0 atom stereocenters. The number of ether oxygens (including phenoxy) is 1. The molecule has 3 rings (SSSR count). The fraction of sp³-hybridized carbons (Fsp3) is 0.333. The van der Waals surface area contributed by atoms with Crippen LogP contribution in [0.2, 0.25) is 0 Å². The summed E-state index contributed by atoms with van der Waals surface area (Å²) in [6, 6.07) is 13.2. The molecule has 5 nitrogen and oxygen atoms in total. The molecule has 0 aromatic heterocycles. The molecule has 2 aromatic carbocycles. The van der Waals surface area contributed by atoms with Gasteiger partial charge in [-0.05, 0) is 37.1 Å². The van der Waals surface area contributed by atoms with Crippen molar-refractivity contribution in [3.05, 3.63) is 64.7 Å². The van der Waals surface area contributed by atoms with Crippen LogP contribution in [0.4, 0.5) is 5.69 Å². The molecule has 26 heavy (non-hydrogen) atoms. The standard InChI is InChI=1S/C21H24N2O3/c1-15-7-8-17(16(2)13-15)14-20(24)22-19-6-4-3-5-18(19)21(25)23-9-11-26-12-10-23/h3-8,13H,9-12,14H2,1-2H3,(H,22,24). The van der Waals surface area contributed by atoms with Gasteiger partial charge in [-0.15, -0.1) is 0 Å². The van der Waals surface area contributed by atoms with Crippen molar-refractivity contribution in [1.29, 1.82) is 0 Å². The number of nitrogens with zero attached hydrogens (tertiary/aromatic N) is 1. The molecule has 0 radical (unpaired) electrons. The number of carbonyl (C=O) groups is 2. The highest BCUT2D eigenvalue weighted by molar-refractivity contribution is 6.04. The van der Waals surface area contributed by atoms with E-state index in [0.29, 0.717) is 37.6 Å². The molecule has 0 saturated carbocycles. The maximum Gasteiger partial charge on any atom is 0.256 e. The van der Waals surface area contributed by atoms with Crippen LogP contribution in [0.1, 0.15) is 27.0 Å². The first-order valence-electron chi connectivity index (χ1n) is 8.86. The summed E-state index contributed by atoms with van der Waals surface area (Å²) in [6.45, 7) is 6.28. The van der Waals surface area contributed by atoms with Gasteiger partial charge in [0, 0.05) is 13.1 Å². The number of morpholine rings is 1. The Balaban J connectivity index is 1.73. The predicted molar refractivity (Wildman–Crippen MR) is 101 cm³/mol. The Labute approximate surface area is 154 Å². The molecule has 1 saturated heterocycles. The number of nitrogens with one attached hydrogen (secondary N) is 1. The zero-order chi connectivity index (χ0) is 18.5. The van der Waals surface area contributed by atoms with E-state index in [2.05, 4.69) is 11.4 Å². The van der Waals surface area contributed by atoms with Crippen molar-refractivity contribution >= 4 is 17.5 Å². The van der Waals surface area contributed by atoms with Crippen LogP contribution in [0.15, 0.2) is 42.5 Å². The van der Waals surface area contributed by atoms with Crippen LogP contribution in [-0.2, 0) is 16.0 Å². The molecule has 2 aromatic rings. The largest absolute Gasteiger partial charge is 0.378 e. The summed E-state index contributed by atoms with van der Waals surface area (Å²) in [5.74, 6) is -0.199. The van der Waals surface area contributed by atoms with Gasteiger partial charge in [-0.25, -0.2) is 0 Å². The van der Waals surface area contributed by atoms with Crippen LogP contribution < -0.4 is 5.32 Å². The number of hydrogen-bond acceptors (Lipinski definition) is 3. The lowest BCUT2D eigenvalue weighted by Crippen LogP contribution is -2.41. The van der Waals surface area contributed by atoms with Crippen molar-refractivity contribution in [2.75, 3.05) is 31.6 Å². The van der Waals surface area contributed by atoms with Gasteiger partial charge in [0.15, 0.2) is 0 Å². The van der Waals surface area contributed by atoms with Gasteiger partial charge >= 0.3 is 0 Å². The van der Waals surface area contributed by atoms with Crippen molar-refractivity contribution in [3.8, 4) is 0 Å². The second-order valence-corrected chi connectivity index (χ2v) is 6.61. The number of aryl methyl sites for hydroxylation is 2. The van der Waals surface area contributed by atoms with E-state index in [1.54, 1.807) is 17.0 Å². The molecule has 1 N–H and O–H groups in total. The highest BCUT2D eigenvalue weighted by Crippen LogP contribution is 2.19. The average Bonchev–Trinajstić information content (AvgIpc) is 2.65. The van der Waals surface area contributed by atoms with Crippen molar-refractivity contribution < 1.29 is 14.3 Å².